The third kappa shape index (κ3) is 5.61. The van der Waals surface area contributed by atoms with Crippen LogP contribution in [0, 0.1) is 11.7 Å². The third-order valence-electron chi connectivity index (χ3n) is 5.80. The second-order valence-corrected chi connectivity index (χ2v) is 8.00. The molecule has 6 nitrogen and oxygen atoms in total. The summed E-state index contributed by atoms with van der Waals surface area (Å²) >= 11 is 0. The Kier molecular flexibility index (Phi) is 6.82. The summed E-state index contributed by atoms with van der Waals surface area (Å²) in [4.78, 5) is 27.2. The van der Waals surface area contributed by atoms with Crippen molar-refractivity contribution in [2.75, 3.05) is 39.4 Å². The number of hydrogen-bond donors (Lipinski definition) is 1. The van der Waals surface area contributed by atoms with Crippen molar-refractivity contribution in [3.63, 3.8) is 0 Å². The van der Waals surface area contributed by atoms with Gasteiger partial charge in [0.15, 0.2) is 17.3 Å². The monoisotopic (exact) mass is 426 g/mol. The molecule has 1 amide bonds. The number of carbonyl (C=O) groups is 2. The quantitative estimate of drug-likeness (QED) is 0.690. The molecule has 0 aromatic heterocycles. The molecule has 7 heteroatoms. The van der Waals surface area contributed by atoms with E-state index in [4.69, 9.17) is 9.47 Å². The lowest BCUT2D eigenvalue weighted by Gasteiger charge is -2.30. The van der Waals surface area contributed by atoms with Gasteiger partial charge in [-0.3, -0.25) is 14.5 Å². The average Bonchev–Trinajstić information content (AvgIpc) is 2.80. The second kappa shape index (κ2) is 9.92. The topological polar surface area (TPSA) is 67.9 Å². The molecule has 2 heterocycles. The molecule has 0 unspecified atom stereocenters. The molecule has 0 saturated carbocycles. The van der Waals surface area contributed by atoms with Crippen LogP contribution in [0.1, 0.15) is 28.8 Å². The van der Waals surface area contributed by atoms with Crippen molar-refractivity contribution < 1.29 is 23.5 Å². The highest BCUT2D eigenvalue weighted by Crippen LogP contribution is 2.32. The molecule has 0 bridgehead atoms. The van der Waals surface area contributed by atoms with Crippen LogP contribution in [0.25, 0.3) is 0 Å². The molecule has 0 spiro atoms. The van der Waals surface area contributed by atoms with Crippen molar-refractivity contribution in [1.29, 1.82) is 0 Å². The van der Waals surface area contributed by atoms with E-state index in [0.29, 0.717) is 62.9 Å². The Labute approximate surface area is 181 Å². The van der Waals surface area contributed by atoms with Gasteiger partial charge in [0.1, 0.15) is 19.0 Å². The van der Waals surface area contributed by atoms with E-state index in [0.717, 1.165) is 18.4 Å². The number of hydrogen-bond acceptors (Lipinski definition) is 5. The number of ketones is 1. The van der Waals surface area contributed by atoms with Crippen LogP contribution in [-0.4, -0.2) is 56.0 Å². The third-order valence-corrected chi connectivity index (χ3v) is 5.80. The van der Waals surface area contributed by atoms with Gasteiger partial charge in [0, 0.05) is 18.0 Å². The summed E-state index contributed by atoms with van der Waals surface area (Å²) in [5, 5.41) is 2.91. The summed E-state index contributed by atoms with van der Waals surface area (Å²) in [6.45, 7) is 3.30. The molecule has 1 N–H and O–H groups in total. The number of benzene rings is 2. The van der Waals surface area contributed by atoms with Crippen LogP contribution < -0.4 is 14.8 Å². The van der Waals surface area contributed by atoms with Gasteiger partial charge in [-0.05, 0) is 68.2 Å². The molecule has 1 fully saturated rings. The molecule has 2 aromatic carbocycles. The zero-order chi connectivity index (χ0) is 21.6. The highest BCUT2D eigenvalue weighted by atomic mass is 19.1. The molecule has 0 aliphatic carbocycles. The highest BCUT2D eigenvalue weighted by Gasteiger charge is 2.27. The summed E-state index contributed by atoms with van der Waals surface area (Å²) in [5.74, 6) is 1.11. The number of Topliss-reactive ketones (excluding diaryl/α,β-unsaturated/α-hetero) is 1. The van der Waals surface area contributed by atoms with Crippen molar-refractivity contribution in [3.05, 3.63) is 59.4 Å². The molecule has 1 saturated heterocycles. The van der Waals surface area contributed by atoms with Crippen LogP contribution in [0.2, 0.25) is 0 Å². The molecule has 31 heavy (non-hydrogen) atoms. The lowest BCUT2D eigenvalue weighted by molar-refractivity contribution is -0.122. The minimum absolute atomic E-state index is 0.0290. The largest absolute Gasteiger partial charge is 0.486 e. The van der Waals surface area contributed by atoms with Gasteiger partial charge in [0.2, 0.25) is 5.91 Å². The number of carbonyl (C=O) groups excluding carboxylic acids is 2. The van der Waals surface area contributed by atoms with Gasteiger partial charge >= 0.3 is 0 Å². The van der Waals surface area contributed by atoms with Crippen LogP contribution in [0.15, 0.2) is 42.5 Å². The fraction of sp³-hybridized carbons (Fsp3) is 0.417. The second-order valence-electron chi connectivity index (χ2n) is 8.00. The van der Waals surface area contributed by atoms with Gasteiger partial charge < -0.3 is 14.8 Å². The zero-order valence-electron chi connectivity index (χ0n) is 17.4. The predicted molar refractivity (Wildman–Crippen MR) is 114 cm³/mol. The molecular weight excluding hydrogens is 399 g/mol. The Hall–Kier alpha value is -2.93. The van der Waals surface area contributed by atoms with Gasteiger partial charge in [0.25, 0.3) is 0 Å². The number of amides is 1. The maximum absolute atomic E-state index is 12.9. The first kappa shape index (κ1) is 21.3. The predicted octanol–water partition coefficient (Wildman–Crippen LogP) is 2.85. The van der Waals surface area contributed by atoms with E-state index in [1.165, 1.54) is 12.1 Å². The van der Waals surface area contributed by atoms with Crippen molar-refractivity contribution in [3.8, 4) is 11.5 Å². The molecule has 4 rings (SSSR count). The Morgan fingerprint density at radius 1 is 1.00 bits per heavy atom. The van der Waals surface area contributed by atoms with E-state index in [1.807, 2.05) is 0 Å². The molecule has 2 aromatic rings. The van der Waals surface area contributed by atoms with E-state index in [2.05, 4.69) is 10.2 Å². The number of halogens is 1. The Morgan fingerprint density at radius 2 is 1.71 bits per heavy atom. The van der Waals surface area contributed by atoms with Crippen molar-refractivity contribution in [1.82, 2.24) is 10.2 Å². The van der Waals surface area contributed by atoms with Crippen LogP contribution in [-0.2, 0) is 11.2 Å². The van der Waals surface area contributed by atoms with Gasteiger partial charge in [0.05, 0.1) is 6.54 Å². The maximum Gasteiger partial charge on any atom is 0.234 e. The van der Waals surface area contributed by atoms with E-state index in [1.54, 1.807) is 30.3 Å². The fourth-order valence-corrected chi connectivity index (χ4v) is 4.04. The first-order valence-electron chi connectivity index (χ1n) is 10.8. The molecule has 2 aliphatic rings. The van der Waals surface area contributed by atoms with E-state index in [9.17, 15) is 14.0 Å². The smallest absolute Gasteiger partial charge is 0.234 e. The van der Waals surface area contributed by atoms with E-state index >= 15 is 0 Å². The summed E-state index contributed by atoms with van der Waals surface area (Å²) in [5.41, 5.74) is 1.64. The molecule has 164 valence electrons. The Morgan fingerprint density at radius 3 is 2.45 bits per heavy atom. The normalized spacial score (nSPS) is 16.7. The number of nitrogens with zero attached hydrogens (tertiary/aromatic N) is 1. The summed E-state index contributed by atoms with van der Waals surface area (Å²) < 4.78 is 24.0. The maximum atomic E-state index is 12.9. The van der Waals surface area contributed by atoms with Gasteiger partial charge in [-0.2, -0.15) is 0 Å². The SMILES string of the molecule is O=C(CN1CCC(C(=O)c2ccc3c(c2)OCCO3)CC1)NCCc1ccc(F)cc1. The van der Waals surface area contributed by atoms with Crippen LogP contribution >= 0.6 is 0 Å². The minimum Gasteiger partial charge on any atom is -0.486 e. The van der Waals surface area contributed by atoms with Crippen LogP contribution in [0.5, 0.6) is 11.5 Å². The lowest BCUT2D eigenvalue weighted by Crippen LogP contribution is -2.43. The summed E-state index contributed by atoms with van der Waals surface area (Å²) in [7, 11) is 0. The fourth-order valence-electron chi connectivity index (χ4n) is 4.04. The lowest BCUT2D eigenvalue weighted by atomic mass is 9.88. The number of piperidine rings is 1. The summed E-state index contributed by atoms with van der Waals surface area (Å²) in [6.07, 6.45) is 2.13. The zero-order valence-corrected chi connectivity index (χ0v) is 17.4. The van der Waals surface area contributed by atoms with Gasteiger partial charge in [-0.25, -0.2) is 4.39 Å². The van der Waals surface area contributed by atoms with Crippen molar-refractivity contribution in [2.45, 2.75) is 19.3 Å². The molecule has 2 aliphatic heterocycles. The Balaban J connectivity index is 1.20. The summed E-state index contributed by atoms with van der Waals surface area (Å²) in [6, 6.07) is 11.7. The number of ether oxygens (including phenoxy) is 2. The number of rotatable bonds is 7. The van der Waals surface area contributed by atoms with Crippen molar-refractivity contribution >= 4 is 11.7 Å². The number of likely N-dealkylation sites (tertiary alicyclic amines) is 1. The number of fused-ring (bicyclic) bond motifs is 1. The average molecular weight is 426 g/mol. The number of nitrogens with one attached hydrogen (secondary N) is 1. The molecule has 0 atom stereocenters. The molecular formula is C24H27FN2O4. The van der Waals surface area contributed by atoms with E-state index < -0.39 is 0 Å². The van der Waals surface area contributed by atoms with Gasteiger partial charge in [-0.15, -0.1) is 0 Å². The van der Waals surface area contributed by atoms with Crippen LogP contribution in [0.3, 0.4) is 0 Å². The van der Waals surface area contributed by atoms with E-state index in [-0.39, 0.29) is 23.4 Å². The van der Waals surface area contributed by atoms with Gasteiger partial charge in [-0.1, -0.05) is 12.1 Å². The standard InChI is InChI=1S/C24H27FN2O4/c25-20-4-1-17(2-5-20)7-10-26-23(28)16-27-11-8-18(9-12-27)24(29)19-3-6-21-22(15-19)31-14-13-30-21/h1-6,15,18H,7-14,16H2,(H,26,28). The van der Waals surface area contributed by atoms with Crippen molar-refractivity contribution in [2.24, 2.45) is 5.92 Å². The minimum atomic E-state index is -0.261. The highest BCUT2D eigenvalue weighted by molar-refractivity contribution is 5.98. The Bertz CT molecular complexity index is 924. The van der Waals surface area contributed by atoms with Crippen LogP contribution in [0.4, 0.5) is 4.39 Å². The first-order chi connectivity index (χ1) is 15.1. The molecule has 0 radical (unpaired) electrons. The first-order valence-corrected chi connectivity index (χ1v) is 10.8.